The summed E-state index contributed by atoms with van der Waals surface area (Å²) in [4.78, 5) is 8.16. The Morgan fingerprint density at radius 1 is 1.41 bits per heavy atom. The number of benzene rings is 1. The lowest BCUT2D eigenvalue weighted by atomic mass is 10.2. The first-order valence-electron chi connectivity index (χ1n) is 7.53. The molecule has 0 saturated heterocycles. The predicted molar refractivity (Wildman–Crippen MR) is 86.0 cm³/mol. The van der Waals surface area contributed by atoms with E-state index in [9.17, 15) is 0 Å². The number of fused-ring (bicyclic) bond motifs is 1. The standard InChI is InChI=1S/C17H18N4O/c1-3-10-22-13-7-5-4-6-12(13)16-18-15-14(11-8-9-11)20-21(2)17(15)19-16/h3-7,11H,1,8-10H2,2H3,(H,18,19). The van der Waals surface area contributed by atoms with E-state index < -0.39 is 0 Å². The molecule has 22 heavy (non-hydrogen) atoms. The van der Waals surface area contributed by atoms with E-state index in [4.69, 9.17) is 9.72 Å². The van der Waals surface area contributed by atoms with Crippen LogP contribution in [0.15, 0.2) is 36.9 Å². The molecule has 0 spiro atoms. The van der Waals surface area contributed by atoms with Crippen molar-refractivity contribution in [3.05, 3.63) is 42.6 Å². The maximum absolute atomic E-state index is 5.73. The Hall–Kier alpha value is -2.56. The number of rotatable bonds is 5. The minimum absolute atomic E-state index is 0.478. The van der Waals surface area contributed by atoms with Gasteiger partial charge in [0.2, 0.25) is 0 Å². The molecule has 4 rings (SSSR count). The van der Waals surface area contributed by atoms with Crippen LogP contribution in [0.3, 0.4) is 0 Å². The monoisotopic (exact) mass is 294 g/mol. The molecule has 2 heterocycles. The Bertz CT molecular complexity index is 842. The minimum Gasteiger partial charge on any atom is -0.489 e. The first-order chi connectivity index (χ1) is 10.8. The van der Waals surface area contributed by atoms with Gasteiger partial charge in [0.05, 0.1) is 11.3 Å². The van der Waals surface area contributed by atoms with Crippen LogP contribution in [0.2, 0.25) is 0 Å². The summed E-state index contributed by atoms with van der Waals surface area (Å²) >= 11 is 0. The van der Waals surface area contributed by atoms with E-state index in [-0.39, 0.29) is 0 Å². The first kappa shape index (κ1) is 13.1. The van der Waals surface area contributed by atoms with Gasteiger partial charge in [-0.3, -0.25) is 0 Å². The molecule has 0 aliphatic heterocycles. The fourth-order valence-electron chi connectivity index (χ4n) is 2.74. The molecule has 0 atom stereocenters. The summed E-state index contributed by atoms with van der Waals surface area (Å²) in [6.45, 7) is 4.17. The maximum Gasteiger partial charge on any atom is 0.176 e. The highest BCUT2D eigenvalue weighted by Gasteiger charge is 2.30. The van der Waals surface area contributed by atoms with E-state index in [1.54, 1.807) is 6.08 Å². The van der Waals surface area contributed by atoms with E-state index in [0.29, 0.717) is 12.5 Å². The number of nitrogens with zero attached hydrogens (tertiary/aromatic N) is 3. The van der Waals surface area contributed by atoms with Gasteiger partial charge in [-0.2, -0.15) is 5.10 Å². The van der Waals surface area contributed by atoms with Crippen LogP contribution < -0.4 is 4.74 Å². The van der Waals surface area contributed by atoms with Gasteiger partial charge in [-0.1, -0.05) is 24.8 Å². The van der Waals surface area contributed by atoms with E-state index >= 15 is 0 Å². The largest absolute Gasteiger partial charge is 0.489 e. The number of imidazole rings is 1. The summed E-state index contributed by atoms with van der Waals surface area (Å²) in [5, 5.41) is 4.60. The van der Waals surface area contributed by atoms with Crippen molar-refractivity contribution in [1.82, 2.24) is 19.7 Å². The lowest BCUT2D eigenvalue weighted by Crippen LogP contribution is -1.96. The van der Waals surface area contributed by atoms with E-state index in [1.807, 2.05) is 36.0 Å². The van der Waals surface area contributed by atoms with E-state index in [0.717, 1.165) is 34.0 Å². The number of nitrogens with one attached hydrogen (secondary N) is 1. The molecule has 0 unspecified atom stereocenters. The molecule has 0 amide bonds. The van der Waals surface area contributed by atoms with Gasteiger partial charge in [0.1, 0.15) is 23.7 Å². The minimum atomic E-state index is 0.478. The van der Waals surface area contributed by atoms with Gasteiger partial charge in [-0.15, -0.1) is 0 Å². The Balaban J connectivity index is 1.81. The second-order valence-corrected chi connectivity index (χ2v) is 5.66. The highest BCUT2D eigenvalue weighted by atomic mass is 16.5. The Morgan fingerprint density at radius 3 is 3.00 bits per heavy atom. The predicted octanol–water partition coefficient (Wildman–Crippen LogP) is 3.41. The fourth-order valence-corrected chi connectivity index (χ4v) is 2.74. The van der Waals surface area contributed by atoms with Gasteiger partial charge in [0, 0.05) is 13.0 Å². The average Bonchev–Trinajstić information content (AvgIpc) is 3.20. The summed E-state index contributed by atoms with van der Waals surface area (Å²) in [5.41, 5.74) is 4.05. The molecule has 3 aromatic rings. The zero-order valence-corrected chi connectivity index (χ0v) is 12.5. The number of aromatic amines is 1. The van der Waals surface area contributed by atoms with E-state index in [1.165, 1.54) is 12.8 Å². The van der Waals surface area contributed by atoms with Gasteiger partial charge in [0.25, 0.3) is 0 Å². The van der Waals surface area contributed by atoms with Crippen molar-refractivity contribution in [1.29, 1.82) is 0 Å². The number of para-hydroxylation sites is 1. The van der Waals surface area contributed by atoms with Crippen LogP contribution in [-0.4, -0.2) is 26.4 Å². The van der Waals surface area contributed by atoms with Crippen molar-refractivity contribution in [3.63, 3.8) is 0 Å². The fraction of sp³-hybridized carbons (Fsp3) is 0.294. The lowest BCUT2D eigenvalue weighted by molar-refractivity contribution is 0.364. The van der Waals surface area contributed by atoms with E-state index in [2.05, 4.69) is 16.7 Å². The number of hydrogen-bond donors (Lipinski definition) is 1. The number of hydrogen-bond acceptors (Lipinski definition) is 3. The molecule has 1 aromatic carbocycles. The molecule has 1 aliphatic rings. The van der Waals surface area contributed by atoms with Gasteiger partial charge in [0.15, 0.2) is 5.65 Å². The first-order valence-corrected chi connectivity index (χ1v) is 7.53. The van der Waals surface area contributed by atoms with Crippen LogP contribution in [-0.2, 0) is 7.05 Å². The van der Waals surface area contributed by atoms with Crippen molar-refractivity contribution < 1.29 is 4.74 Å². The number of H-pyrrole nitrogens is 1. The van der Waals surface area contributed by atoms with Crippen molar-refractivity contribution in [2.24, 2.45) is 7.05 Å². The topological polar surface area (TPSA) is 55.7 Å². The number of aromatic nitrogens is 4. The number of aryl methyl sites for hydroxylation is 1. The molecule has 0 bridgehead atoms. The van der Waals surface area contributed by atoms with Gasteiger partial charge < -0.3 is 9.72 Å². The Labute approximate surface area is 128 Å². The van der Waals surface area contributed by atoms with Crippen LogP contribution in [0.25, 0.3) is 22.6 Å². The Morgan fingerprint density at radius 2 is 2.23 bits per heavy atom. The van der Waals surface area contributed by atoms with Gasteiger partial charge in [-0.25, -0.2) is 9.67 Å². The SMILES string of the molecule is C=CCOc1ccccc1-c1nc2c([nH]1)c(C1CC1)nn2C. The summed E-state index contributed by atoms with van der Waals surface area (Å²) in [6, 6.07) is 7.91. The highest BCUT2D eigenvalue weighted by molar-refractivity contribution is 5.81. The second-order valence-electron chi connectivity index (χ2n) is 5.66. The summed E-state index contributed by atoms with van der Waals surface area (Å²) in [5.74, 6) is 2.22. The molecule has 5 nitrogen and oxygen atoms in total. The summed E-state index contributed by atoms with van der Waals surface area (Å²) < 4.78 is 7.59. The third-order valence-corrected chi connectivity index (χ3v) is 3.97. The van der Waals surface area contributed by atoms with Crippen LogP contribution in [0.4, 0.5) is 0 Å². The molecule has 112 valence electrons. The molecule has 2 aromatic heterocycles. The summed E-state index contributed by atoms with van der Waals surface area (Å²) in [7, 11) is 1.94. The maximum atomic E-state index is 5.73. The van der Waals surface area contributed by atoms with Gasteiger partial charge in [-0.05, 0) is 25.0 Å². The van der Waals surface area contributed by atoms with Crippen molar-refractivity contribution in [2.75, 3.05) is 6.61 Å². The number of ether oxygens (including phenoxy) is 1. The van der Waals surface area contributed by atoms with Crippen LogP contribution in [0.1, 0.15) is 24.5 Å². The molecular weight excluding hydrogens is 276 g/mol. The van der Waals surface area contributed by atoms with Crippen molar-refractivity contribution in [2.45, 2.75) is 18.8 Å². The summed E-state index contributed by atoms with van der Waals surface area (Å²) in [6.07, 6.45) is 4.18. The van der Waals surface area contributed by atoms with Crippen molar-refractivity contribution in [3.8, 4) is 17.1 Å². The zero-order chi connectivity index (χ0) is 15.1. The zero-order valence-electron chi connectivity index (χ0n) is 12.5. The molecule has 1 fully saturated rings. The highest BCUT2D eigenvalue weighted by Crippen LogP contribution is 2.42. The van der Waals surface area contributed by atoms with Crippen molar-refractivity contribution >= 4 is 11.2 Å². The van der Waals surface area contributed by atoms with Gasteiger partial charge >= 0.3 is 0 Å². The molecule has 1 N–H and O–H groups in total. The third kappa shape index (κ3) is 2.09. The average molecular weight is 294 g/mol. The smallest absolute Gasteiger partial charge is 0.176 e. The molecular formula is C17H18N4O. The quantitative estimate of drug-likeness (QED) is 0.734. The lowest BCUT2D eigenvalue weighted by Gasteiger charge is -2.07. The van der Waals surface area contributed by atoms with Crippen LogP contribution >= 0.6 is 0 Å². The Kier molecular flexibility index (Phi) is 2.99. The van der Waals surface area contributed by atoms with Crippen LogP contribution in [0.5, 0.6) is 5.75 Å². The molecule has 1 saturated carbocycles. The third-order valence-electron chi connectivity index (χ3n) is 3.97. The second kappa shape index (κ2) is 5.02. The molecule has 0 radical (unpaired) electrons. The normalized spacial score (nSPS) is 14.4. The molecule has 5 heteroatoms. The van der Waals surface area contributed by atoms with Crippen LogP contribution in [0, 0.1) is 0 Å². The molecule has 1 aliphatic carbocycles.